The first-order valence-corrected chi connectivity index (χ1v) is 11.0. The summed E-state index contributed by atoms with van der Waals surface area (Å²) in [4.78, 5) is 2.28. The second-order valence-electron chi connectivity index (χ2n) is 8.01. The topological polar surface area (TPSA) is 54.1 Å². The maximum Gasteiger partial charge on any atom is 0.132 e. The highest BCUT2D eigenvalue weighted by Gasteiger charge is 2.22. The van der Waals surface area contributed by atoms with E-state index < -0.39 is 0 Å². The first-order chi connectivity index (χ1) is 16.2. The number of nitrogens with zero attached hydrogens (tertiary/aromatic N) is 4. The van der Waals surface area contributed by atoms with Gasteiger partial charge >= 0.3 is 0 Å². The number of hydrogen-bond acceptors (Lipinski definition) is 4. The number of hydrogen-bond donors (Lipinski definition) is 0. The Kier molecular flexibility index (Phi) is 5.99. The zero-order chi connectivity index (χ0) is 22.6. The van der Waals surface area contributed by atoms with E-state index in [2.05, 4.69) is 16.1 Å². The van der Waals surface area contributed by atoms with E-state index in [1.807, 2.05) is 54.6 Å². The monoisotopic (exact) mass is 438 g/mol. The molecule has 0 radical (unpaired) electrons. The van der Waals surface area contributed by atoms with Gasteiger partial charge in [-0.25, -0.2) is 9.07 Å². The number of morpholine rings is 1. The Morgan fingerprint density at radius 2 is 1.70 bits per heavy atom. The molecule has 0 N–H and O–H groups in total. The Balaban J connectivity index is 1.62. The van der Waals surface area contributed by atoms with Crippen LogP contribution in [0.2, 0.25) is 0 Å². The van der Waals surface area contributed by atoms with Crippen molar-refractivity contribution in [3.63, 3.8) is 0 Å². The van der Waals surface area contributed by atoms with Crippen molar-refractivity contribution < 1.29 is 9.13 Å². The molecule has 1 aromatic heterocycles. The molecule has 0 atom stereocenters. The van der Waals surface area contributed by atoms with E-state index in [0.29, 0.717) is 42.3 Å². The summed E-state index contributed by atoms with van der Waals surface area (Å²) in [5, 5.41) is 14.6. The van der Waals surface area contributed by atoms with Gasteiger partial charge in [-0.1, -0.05) is 48.5 Å². The van der Waals surface area contributed by atoms with Crippen molar-refractivity contribution in [1.82, 2.24) is 14.7 Å². The van der Waals surface area contributed by atoms with Gasteiger partial charge in [0.15, 0.2) is 0 Å². The van der Waals surface area contributed by atoms with Crippen molar-refractivity contribution >= 4 is 0 Å². The smallest absolute Gasteiger partial charge is 0.132 e. The van der Waals surface area contributed by atoms with Gasteiger partial charge in [0.1, 0.15) is 11.9 Å². The summed E-state index contributed by atoms with van der Waals surface area (Å²) < 4.78 is 22.1. The molecule has 5 nitrogen and oxygen atoms in total. The van der Waals surface area contributed by atoms with Crippen molar-refractivity contribution in [2.24, 2.45) is 0 Å². The summed E-state index contributed by atoms with van der Waals surface area (Å²) >= 11 is 0. The Morgan fingerprint density at radius 3 is 2.45 bits per heavy atom. The summed E-state index contributed by atoms with van der Waals surface area (Å²) in [7, 11) is 0. The van der Waals surface area contributed by atoms with E-state index in [1.54, 1.807) is 23.0 Å². The Morgan fingerprint density at radius 1 is 0.939 bits per heavy atom. The van der Waals surface area contributed by atoms with Gasteiger partial charge in [0, 0.05) is 30.8 Å². The van der Waals surface area contributed by atoms with E-state index in [0.717, 1.165) is 29.8 Å². The molecule has 0 aliphatic carbocycles. The quantitative estimate of drug-likeness (QED) is 0.438. The van der Waals surface area contributed by atoms with Gasteiger partial charge in [0.2, 0.25) is 0 Å². The van der Waals surface area contributed by atoms with Gasteiger partial charge in [-0.2, -0.15) is 10.4 Å². The lowest BCUT2D eigenvalue weighted by Gasteiger charge is -2.26. The van der Waals surface area contributed by atoms with Gasteiger partial charge < -0.3 is 4.74 Å². The third-order valence-electron chi connectivity index (χ3n) is 5.92. The van der Waals surface area contributed by atoms with Crippen molar-refractivity contribution in [3.8, 4) is 34.1 Å². The summed E-state index contributed by atoms with van der Waals surface area (Å²) in [6.07, 6.45) is 1.78. The fourth-order valence-electron chi connectivity index (χ4n) is 4.24. The van der Waals surface area contributed by atoms with Crippen LogP contribution in [0.25, 0.3) is 28.1 Å². The van der Waals surface area contributed by atoms with E-state index >= 15 is 0 Å². The lowest BCUT2D eigenvalue weighted by molar-refractivity contribution is 0.0342. The molecule has 5 rings (SSSR count). The third-order valence-corrected chi connectivity index (χ3v) is 5.92. The third kappa shape index (κ3) is 4.29. The van der Waals surface area contributed by atoms with Gasteiger partial charge in [-0.05, 0) is 35.4 Å². The van der Waals surface area contributed by atoms with Gasteiger partial charge in [0.05, 0.1) is 36.4 Å². The lowest BCUT2D eigenvalue weighted by Crippen LogP contribution is -2.35. The second kappa shape index (κ2) is 9.37. The number of benzene rings is 3. The SMILES string of the molecule is N#Cc1cc(-c2ccccc2)ccc1-n1ncc(CN2CCOCC2)c1-c1ccccc1F. The van der Waals surface area contributed by atoms with Crippen LogP contribution in [-0.4, -0.2) is 41.0 Å². The van der Waals surface area contributed by atoms with E-state index in [1.165, 1.54) is 6.07 Å². The van der Waals surface area contributed by atoms with Crippen molar-refractivity contribution in [2.45, 2.75) is 6.54 Å². The minimum Gasteiger partial charge on any atom is -0.379 e. The maximum absolute atomic E-state index is 14.9. The van der Waals surface area contributed by atoms with Crippen LogP contribution in [-0.2, 0) is 11.3 Å². The molecule has 0 unspecified atom stereocenters. The van der Waals surface area contributed by atoms with E-state index in [9.17, 15) is 9.65 Å². The molecule has 0 spiro atoms. The first-order valence-electron chi connectivity index (χ1n) is 11.0. The van der Waals surface area contributed by atoms with Crippen LogP contribution in [0, 0.1) is 17.1 Å². The minimum absolute atomic E-state index is 0.318. The second-order valence-corrected chi connectivity index (χ2v) is 8.01. The fraction of sp³-hybridized carbons (Fsp3) is 0.185. The van der Waals surface area contributed by atoms with Crippen molar-refractivity contribution in [2.75, 3.05) is 26.3 Å². The zero-order valence-electron chi connectivity index (χ0n) is 18.1. The van der Waals surface area contributed by atoms with E-state index in [4.69, 9.17) is 4.74 Å². The highest BCUT2D eigenvalue weighted by molar-refractivity contribution is 5.71. The molecule has 6 heteroatoms. The van der Waals surface area contributed by atoms with E-state index in [-0.39, 0.29) is 5.82 Å². The molecule has 33 heavy (non-hydrogen) atoms. The van der Waals surface area contributed by atoms with Gasteiger partial charge in [0.25, 0.3) is 0 Å². The number of rotatable bonds is 5. The average Bonchev–Trinajstić information content (AvgIpc) is 3.28. The molecule has 4 aromatic rings. The first kappa shape index (κ1) is 21.1. The molecule has 2 heterocycles. The predicted molar refractivity (Wildman–Crippen MR) is 125 cm³/mol. The predicted octanol–water partition coefficient (Wildman–Crippen LogP) is 5.05. The van der Waals surface area contributed by atoms with Crippen LogP contribution >= 0.6 is 0 Å². The van der Waals surface area contributed by atoms with Crippen LogP contribution < -0.4 is 0 Å². The molecule has 1 aliphatic rings. The van der Waals surface area contributed by atoms with Gasteiger partial charge in [-0.15, -0.1) is 0 Å². The van der Waals surface area contributed by atoms with Crippen LogP contribution in [0.3, 0.4) is 0 Å². The molecule has 0 amide bonds. The Bertz CT molecular complexity index is 1300. The largest absolute Gasteiger partial charge is 0.379 e. The summed E-state index contributed by atoms with van der Waals surface area (Å²) in [5.41, 5.74) is 5.14. The maximum atomic E-state index is 14.9. The van der Waals surface area contributed by atoms with Crippen molar-refractivity contribution in [1.29, 1.82) is 5.26 Å². The fourth-order valence-corrected chi connectivity index (χ4v) is 4.24. The van der Waals surface area contributed by atoms with Crippen molar-refractivity contribution in [3.05, 3.63) is 95.9 Å². The highest BCUT2D eigenvalue weighted by Crippen LogP contribution is 2.32. The lowest BCUT2D eigenvalue weighted by atomic mass is 10.0. The van der Waals surface area contributed by atoms with Crippen LogP contribution in [0.15, 0.2) is 79.0 Å². The highest BCUT2D eigenvalue weighted by atomic mass is 19.1. The number of aromatic nitrogens is 2. The zero-order valence-corrected chi connectivity index (χ0v) is 18.1. The molecular formula is C27H23FN4O. The minimum atomic E-state index is -0.318. The Hall–Kier alpha value is -3.79. The summed E-state index contributed by atoms with van der Waals surface area (Å²) in [6, 6.07) is 24.7. The molecule has 1 fully saturated rings. The van der Waals surface area contributed by atoms with Crippen LogP contribution in [0.4, 0.5) is 4.39 Å². The number of ether oxygens (including phenoxy) is 1. The van der Waals surface area contributed by atoms with Crippen LogP contribution in [0.5, 0.6) is 0 Å². The average molecular weight is 439 g/mol. The Labute approximate surface area is 192 Å². The van der Waals surface area contributed by atoms with Crippen LogP contribution in [0.1, 0.15) is 11.1 Å². The standard InChI is InChI=1S/C27H23FN4O/c28-25-9-5-4-8-24(25)27-23(19-31-12-14-33-15-13-31)18-30-32(27)26-11-10-21(16-22(26)17-29)20-6-2-1-3-7-20/h1-11,16,18H,12-15,19H2. The molecule has 0 saturated carbocycles. The molecular weight excluding hydrogens is 415 g/mol. The molecule has 0 bridgehead atoms. The molecule has 1 aliphatic heterocycles. The summed E-state index contributed by atoms with van der Waals surface area (Å²) in [5.74, 6) is -0.318. The summed E-state index contributed by atoms with van der Waals surface area (Å²) in [6.45, 7) is 3.64. The number of nitriles is 1. The van der Waals surface area contributed by atoms with Gasteiger partial charge in [-0.3, -0.25) is 4.90 Å². The normalized spacial score (nSPS) is 14.2. The number of halogens is 1. The molecule has 1 saturated heterocycles. The molecule has 164 valence electrons. The molecule has 3 aromatic carbocycles.